The lowest BCUT2D eigenvalue weighted by Gasteiger charge is -2.26. The van der Waals surface area contributed by atoms with Crippen LogP contribution in [0.25, 0.3) is 0 Å². The molecule has 1 fully saturated rings. The van der Waals surface area contributed by atoms with Crippen LogP contribution in [0.2, 0.25) is 0 Å². The predicted molar refractivity (Wildman–Crippen MR) is 110 cm³/mol. The molecule has 1 unspecified atom stereocenters. The topological polar surface area (TPSA) is 38.8 Å². The number of amides is 1. The van der Waals surface area contributed by atoms with E-state index in [0.717, 1.165) is 40.8 Å². The minimum absolute atomic E-state index is 0.0479. The van der Waals surface area contributed by atoms with Gasteiger partial charge < -0.3 is 14.4 Å². The van der Waals surface area contributed by atoms with Gasteiger partial charge in [0.2, 0.25) is 5.91 Å². The number of carbonyl (C=O) groups is 1. The molecule has 28 heavy (non-hydrogen) atoms. The first kappa shape index (κ1) is 20.8. The van der Waals surface area contributed by atoms with E-state index in [-0.39, 0.29) is 17.8 Å². The third-order valence-corrected chi connectivity index (χ3v) is 5.53. The Balaban J connectivity index is 1.65. The van der Waals surface area contributed by atoms with Crippen molar-refractivity contribution in [1.82, 2.24) is 4.90 Å². The van der Waals surface area contributed by atoms with Crippen molar-refractivity contribution < 1.29 is 18.7 Å². The molecule has 0 spiro atoms. The quantitative estimate of drug-likeness (QED) is 0.584. The smallest absolute Gasteiger partial charge is 0.223 e. The van der Waals surface area contributed by atoms with Crippen molar-refractivity contribution in [3.8, 4) is 5.75 Å². The van der Waals surface area contributed by atoms with Crippen LogP contribution in [0.5, 0.6) is 5.75 Å². The molecule has 1 heterocycles. The molecular formula is C22H25BrFNO3. The first-order valence-corrected chi connectivity index (χ1v) is 10.3. The van der Waals surface area contributed by atoms with Gasteiger partial charge in [0.1, 0.15) is 11.6 Å². The second kappa shape index (κ2) is 10.0. The van der Waals surface area contributed by atoms with Gasteiger partial charge in [-0.05, 0) is 70.6 Å². The molecule has 1 amide bonds. The monoisotopic (exact) mass is 449 g/mol. The summed E-state index contributed by atoms with van der Waals surface area (Å²) in [7, 11) is 1.62. The van der Waals surface area contributed by atoms with Crippen LogP contribution >= 0.6 is 15.9 Å². The number of aryl methyl sites for hydroxylation is 1. The van der Waals surface area contributed by atoms with Gasteiger partial charge >= 0.3 is 0 Å². The maximum absolute atomic E-state index is 13.5. The highest BCUT2D eigenvalue weighted by atomic mass is 79.9. The zero-order valence-corrected chi connectivity index (χ0v) is 17.6. The summed E-state index contributed by atoms with van der Waals surface area (Å²) in [5.41, 5.74) is 1.85. The number of rotatable bonds is 8. The Kier molecular flexibility index (Phi) is 7.45. The summed E-state index contributed by atoms with van der Waals surface area (Å²) in [5.74, 6) is 0.526. The molecule has 0 aliphatic carbocycles. The Morgan fingerprint density at radius 1 is 1.29 bits per heavy atom. The number of hydrogen-bond acceptors (Lipinski definition) is 3. The van der Waals surface area contributed by atoms with Gasteiger partial charge in [0.25, 0.3) is 0 Å². The fourth-order valence-corrected chi connectivity index (χ4v) is 4.01. The minimum Gasteiger partial charge on any atom is -0.496 e. The zero-order chi connectivity index (χ0) is 19.9. The van der Waals surface area contributed by atoms with E-state index in [2.05, 4.69) is 15.9 Å². The molecule has 0 N–H and O–H groups in total. The van der Waals surface area contributed by atoms with Crippen LogP contribution in [0.4, 0.5) is 4.39 Å². The van der Waals surface area contributed by atoms with Crippen LogP contribution in [0.3, 0.4) is 0 Å². The standard InChI is InChI=1S/C22H25BrFNO3/c1-27-21-9-7-16(13-20(21)23)8-10-22(26)25(15-19-6-3-11-28-19)14-17-4-2-5-18(24)12-17/h2,4-5,7,9,12-13,19H,3,6,8,10-11,14-15H2,1H3. The maximum Gasteiger partial charge on any atom is 0.223 e. The molecule has 2 aromatic rings. The average molecular weight is 450 g/mol. The molecule has 150 valence electrons. The van der Waals surface area contributed by atoms with Crippen LogP contribution in [0, 0.1) is 5.82 Å². The van der Waals surface area contributed by atoms with E-state index in [1.54, 1.807) is 18.1 Å². The highest BCUT2D eigenvalue weighted by molar-refractivity contribution is 9.10. The second-order valence-corrected chi connectivity index (χ2v) is 7.86. The van der Waals surface area contributed by atoms with Gasteiger partial charge in [-0.15, -0.1) is 0 Å². The van der Waals surface area contributed by atoms with Crippen molar-refractivity contribution in [1.29, 1.82) is 0 Å². The third-order valence-electron chi connectivity index (χ3n) is 4.91. The zero-order valence-electron chi connectivity index (χ0n) is 16.0. The van der Waals surface area contributed by atoms with Gasteiger partial charge in [-0.25, -0.2) is 4.39 Å². The summed E-state index contributed by atoms with van der Waals surface area (Å²) in [4.78, 5) is 14.7. The molecule has 1 saturated heterocycles. The van der Waals surface area contributed by atoms with Crippen molar-refractivity contribution in [3.05, 3.63) is 63.9 Å². The van der Waals surface area contributed by atoms with Gasteiger partial charge in [-0.2, -0.15) is 0 Å². The summed E-state index contributed by atoms with van der Waals surface area (Å²) in [6, 6.07) is 12.2. The molecule has 0 aromatic heterocycles. The van der Waals surface area contributed by atoms with Crippen LogP contribution in [-0.2, 0) is 22.5 Å². The first-order chi connectivity index (χ1) is 13.5. The number of carbonyl (C=O) groups excluding carboxylic acids is 1. The Morgan fingerprint density at radius 3 is 2.82 bits per heavy atom. The SMILES string of the molecule is COc1ccc(CCC(=O)N(Cc2cccc(F)c2)CC2CCCO2)cc1Br. The number of nitrogens with zero attached hydrogens (tertiary/aromatic N) is 1. The molecular weight excluding hydrogens is 425 g/mol. The average Bonchev–Trinajstić information content (AvgIpc) is 3.19. The first-order valence-electron chi connectivity index (χ1n) is 9.51. The van der Waals surface area contributed by atoms with Crippen molar-refractivity contribution in [2.24, 2.45) is 0 Å². The Hall–Kier alpha value is -1.92. The second-order valence-electron chi connectivity index (χ2n) is 7.01. The maximum atomic E-state index is 13.5. The van der Waals surface area contributed by atoms with Gasteiger partial charge in [-0.1, -0.05) is 18.2 Å². The number of benzene rings is 2. The van der Waals surface area contributed by atoms with E-state index in [1.807, 2.05) is 24.3 Å². The third kappa shape index (κ3) is 5.79. The summed E-state index contributed by atoms with van der Waals surface area (Å²) in [5, 5.41) is 0. The number of halogens is 2. The lowest BCUT2D eigenvalue weighted by atomic mass is 10.1. The molecule has 6 heteroatoms. The van der Waals surface area contributed by atoms with Crippen LogP contribution in [-0.4, -0.2) is 37.2 Å². The van der Waals surface area contributed by atoms with E-state index in [4.69, 9.17) is 9.47 Å². The Morgan fingerprint density at radius 2 is 2.14 bits per heavy atom. The normalized spacial score (nSPS) is 16.2. The van der Waals surface area contributed by atoms with Crippen molar-refractivity contribution >= 4 is 21.8 Å². The predicted octanol–water partition coefficient (Wildman–Crippen LogP) is 4.74. The molecule has 0 radical (unpaired) electrons. The van der Waals surface area contributed by atoms with Crippen LogP contribution in [0.1, 0.15) is 30.4 Å². The lowest BCUT2D eigenvalue weighted by Crippen LogP contribution is -2.37. The fraction of sp³-hybridized carbons (Fsp3) is 0.409. The Labute approximate surface area is 173 Å². The van der Waals surface area contributed by atoms with Gasteiger partial charge in [0, 0.05) is 26.1 Å². The van der Waals surface area contributed by atoms with Crippen molar-refractivity contribution in [3.63, 3.8) is 0 Å². The van der Waals surface area contributed by atoms with E-state index in [0.29, 0.717) is 25.9 Å². The number of ether oxygens (including phenoxy) is 2. The van der Waals surface area contributed by atoms with E-state index in [9.17, 15) is 9.18 Å². The molecule has 1 atom stereocenters. The van der Waals surface area contributed by atoms with Crippen LogP contribution in [0.15, 0.2) is 46.9 Å². The highest BCUT2D eigenvalue weighted by Gasteiger charge is 2.23. The molecule has 1 aliphatic rings. The summed E-state index contributed by atoms with van der Waals surface area (Å²) in [6.45, 7) is 1.68. The lowest BCUT2D eigenvalue weighted by molar-refractivity contribution is -0.133. The van der Waals surface area contributed by atoms with Crippen LogP contribution < -0.4 is 4.74 Å². The number of methoxy groups -OCH3 is 1. The molecule has 4 nitrogen and oxygen atoms in total. The van der Waals surface area contributed by atoms with E-state index >= 15 is 0 Å². The highest BCUT2D eigenvalue weighted by Crippen LogP contribution is 2.26. The fourth-order valence-electron chi connectivity index (χ4n) is 3.42. The summed E-state index contributed by atoms with van der Waals surface area (Å²) in [6.07, 6.45) is 3.06. The molecule has 3 rings (SSSR count). The van der Waals surface area contributed by atoms with E-state index < -0.39 is 0 Å². The molecule has 0 bridgehead atoms. The van der Waals surface area contributed by atoms with E-state index in [1.165, 1.54) is 12.1 Å². The van der Waals surface area contributed by atoms with Gasteiger partial charge in [0.15, 0.2) is 0 Å². The molecule has 1 aliphatic heterocycles. The summed E-state index contributed by atoms with van der Waals surface area (Å²) < 4.78 is 25.4. The van der Waals surface area contributed by atoms with Crippen molar-refractivity contribution in [2.75, 3.05) is 20.3 Å². The number of hydrogen-bond donors (Lipinski definition) is 0. The van der Waals surface area contributed by atoms with Crippen molar-refractivity contribution in [2.45, 2.75) is 38.3 Å². The van der Waals surface area contributed by atoms with Gasteiger partial charge in [0.05, 0.1) is 17.7 Å². The Bertz CT molecular complexity index is 808. The molecule has 0 saturated carbocycles. The largest absolute Gasteiger partial charge is 0.496 e. The minimum atomic E-state index is -0.287. The van der Waals surface area contributed by atoms with Gasteiger partial charge in [-0.3, -0.25) is 4.79 Å². The summed E-state index contributed by atoms with van der Waals surface area (Å²) >= 11 is 3.48. The molecule has 2 aromatic carbocycles.